The van der Waals surface area contributed by atoms with E-state index in [1.54, 1.807) is 0 Å². The number of hydrogen-bond donors (Lipinski definition) is 2. The standard InChI is InChI=1S/C10H5ClN2O3S2/c11-6-1-2-7(13(15)16)5(3-6)4-8-9(14)12-10(17)18-8/h1-4H,(H-,12,14,15,16,17)/p+1/b8-4-. The highest BCUT2D eigenvalue weighted by molar-refractivity contribution is 8.26. The van der Waals surface area contributed by atoms with E-state index in [0.29, 0.717) is 19.8 Å². The van der Waals surface area contributed by atoms with Crippen molar-refractivity contribution in [2.24, 2.45) is 0 Å². The van der Waals surface area contributed by atoms with Crippen molar-refractivity contribution in [3.8, 4) is 0 Å². The van der Waals surface area contributed by atoms with Crippen molar-refractivity contribution in [1.29, 1.82) is 0 Å². The minimum atomic E-state index is -0.341. The number of thiocarbonyl (C=S) groups is 1. The van der Waals surface area contributed by atoms with Gasteiger partial charge in [0.1, 0.15) is 4.32 Å². The van der Waals surface area contributed by atoms with Gasteiger partial charge in [-0.15, -0.1) is 0 Å². The molecule has 0 radical (unpaired) electrons. The van der Waals surface area contributed by atoms with Gasteiger partial charge in [0.15, 0.2) is 0 Å². The fourth-order valence-electron chi connectivity index (χ4n) is 1.38. The zero-order chi connectivity index (χ0) is 13.3. The van der Waals surface area contributed by atoms with Crippen LogP contribution in [0.15, 0.2) is 23.1 Å². The molecular weight excluding hydrogens is 296 g/mol. The second kappa shape index (κ2) is 5.05. The third kappa shape index (κ3) is 2.69. The van der Waals surface area contributed by atoms with Crippen LogP contribution in [0.2, 0.25) is 5.02 Å². The lowest BCUT2D eigenvalue weighted by Gasteiger charge is -1.96. The van der Waals surface area contributed by atoms with Crippen molar-refractivity contribution in [3.63, 3.8) is 0 Å². The largest absolute Gasteiger partial charge is 0.323 e. The molecule has 0 unspecified atom stereocenters. The van der Waals surface area contributed by atoms with Gasteiger partial charge in [0.25, 0.3) is 10.8 Å². The van der Waals surface area contributed by atoms with Gasteiger partial charge in [0, 0.05) is 11.1 Å². The summed E-state index contributed by atoms with van der Waals surface area (Å²) in [7, 11) is 0. The summed E-state index contributed by atoms with van der Waals surface area (Å²) in [5.74, 6) is -0.341. The lowest BCUT2D eigenvalue weighted by atomic mass is 10.1. The molecule has 1 fully saturated rings. The highest BCUT2D eigenvalue weighted by Crippen LogP contribution is 2.30. The summed E-state index contributed by atoms with van der Waals surface area (Å²) < 4.78 is 0.345. The number of thioether (sulfide) groups is 1. The van der Waals surface area contributed by atoms with E-state index >= 15 is 0 Å². The van der Waals surface area contributed by atoms with Crippen molar-refractivity contribution in [1.82, 2.24) is 5.32 Å². The summed E-state index contributed by atoms with van der Waals surface area (Å²) in [6, 6.07) is 4.30. The molecule has 2 rings (SSSR count). The minimum Gasteiger partial charge on any atom is -0.307 e. The summed E-state index contributed by atoms with van der Waals surface area (Å²) in [6.45, 7) is 0. The van der Waals surface area contributed by atoms with Crippen molar-refractivity contribution in [2.75, 3.05) is 0 Å². The second-order valence-electron chi connectivity index (χ2n) is 3.33. The zero-order valence-electron chi connectivity index (χ0n) is 8.71. The molecule has 0 bridgehead atoms. The number of halogens is 1. The molecule has 0 aromatic heterocycles. The molecule has 1 amide bonds. The first kappa shape index (κ1) is 13.0. The fraction of sp³-hybridized carbons (Fsp3) is 0. The van der Waals surface area contributed by atoms with Crippen LogP contribution in [0, 0.1) is 4.91 Å². The summed E-state index contributed by atoms with van der Waals surface area (Å²) in [5.41, 5.74) is 0.334. The number of amides is 1. The first-order chi connectivity index (χ1) is 8.47. The van der Waals surface area contributed by atoms with Gasteiger partial charge < -0.3 is 5.32 Å². The first-order valence-corrected chi connectivity index (χ1v) is 6.28. The molecular formula is C10H6ClN2O3S2+. The Kier molecular flexibility index (Phi) is 3.65. The Morgan fingerprint density at radius 2 is 2.22 bits per heavy atom. The third-order valence-electron chi connectivity index (χ3n) is 2.12. The number of hydrogen-bond acceptors (Lipinski definition) is 4. The summed E-state index contributed by atoms with van der Waals surface area (Å²) >= 11 is 11.7. The number of carbonyl (C=O) groups is 1. The normalized spacial score (nSPS) is 17.1. The van der Waals surface area contributed by atoms with Crippen LogP contribution >= 0.6 is 35.6 Å². The Labute approximate surface area is 116 Å². The molecule has 1 saturated heterocycles. The first-order valence-electron chi connectivity index (χ1n) is 4.68. The third-order valence-corrected chi connectivity index (χ3v) is 3.52. The minimum absolute atomic E-state index is 0.00174. The lowest BCUT2D eigenvalue weighted by Crippen LogP contribution is -2.17. The maximum absolute atomic E-state index is 11.5. The highest BCUT2D eigenvalue weighted by Gasteiger charge is 2.25. The van der Waals surface area contributed by atoms with Crippen LogP contribution in [0.3, 0.4) is 0 Å². The quantitative estimate of drug-likeness (QED) is 0.499. The predicted molar refractivity (Wildman–Crippen MR) is 72.8 cm³/mol. The van der Waals surface area contributed by atoms with E-state index < -0.39 is 0 Å². The molecule has 0 atom stereocenters. The molecule has 0 spiro atoms. The van der Waals surface area contributed by atoms with Crippen molar-refractivity contribution < 1.29 is 14.9 Å². The Bertz CT molecular complexity index is 601. The smallest absolute Gasteiger partial charge is 0.307 e. The van der Waals surface area contributed by atoms with Crippen LogP contribution in [-0.4, -0.2) is 20.4 Å². The molecule has 92 valence electrons. The summed E-state index contributed by atoms with van der Waals surface area (Å²) in [4.78, 5) is 22.5. The molecule has 8 heteroatoms. The van der Waals surface area contributed by atoms with E-state index in [1.807, 2.05) is 0 Å². The van der Waals surface area contributed by atoms with E-state index in [9.17, 15) is 9.70 Å². The number of benzene rings is 1. The maximum atomic E-state index is 11.5. The van der Waals surface area contributed by atoms with Gasteiger partial charge in [-0.25, -0.2) is 5.21 Å². The van der Waals surface area contributed by atoms with E-state index in [4.69, 9.17) is 29.0 Å². The number of nitrogens with one attached hydrogen (secondary N) is 1. The molecule has 1 aromatic rings. The van der Waals surface area contributed by atoms with Crippen LogP contribution in [0.1, 0.15) is 5.56 Å². The van der Waals surface area contributed by atoms with E-state index in [-0.39, 0.29) is 16.5 Å². The van der Waals surface area contributed by atoms with Gasteiger partial charge in [-0.05, 0) is 18.2 Å². The van der Waals surface area contributed by atoms with Crippen LogP contribution in [-0.2, 0) is 4.79 Å². The van der Waals surface area contributed by atoms with Gasteiger partial charge in [-0.1, -0.05) is 35.6 Å². The fourth-order valence-corrected chi connectivity index (χ4v) is 2.59. The Morgan fingerprint density at radius 1 is 1.50 bits per heavy atom. The number of nitrogens with zero attached hydrogens (tertiary/aromatic N) is 1. The predicted octanol–water partition coefficient (Wildman–Crippen LogP) is 2.63. The topological polar surface area (TPSA) is 69.4 Å². The van der Waals surface area contributed by atoms with Crippen molar-refractivity contribution in [2.45, 2.75) is 0 Å². The molecule has 0 aliphatic carbocycles. The van der Waals surface area contributed by atoms with E-state index in [0.717, 1.165) is 11.8 Å². The van der Waals surface area contributed by atoms with Crippen molar-refractivity contribution >= 4 is 57.6 Å². The highest BCUT2D eigenvalue weighted by atomic mass is 35.5. The van der Waals surface area contributed by atoms with Crippen LogP contribution in [0.25, 0.3) is 6.08 Å². The lowest BCUT2D eigenvalue weighted by molar-refractivity contribution is -0.729. The van der Waals surface area contributed by atoms with Crippen molar-refractivity contribution in [3.05, 3.63) is 38.6 Å². The van der Waals surface area contributed by atoms with Gasteiger partial charge in [0.2, 0.25) is 0 Å². The van der Waals surface area contributed by atoms with E-state index in [1.165, 1.54) is 24.3 Å². The number of rotatable bonds is 2. The van der Waals surface area contributed by atoms with Gasteiger partial charge in [-0.2, -0.15) is 0 Å². The number of carbonyl (C=O) groups excluding carboxylic acids is 1. The molecule has 18 heavy (non-hydrogen) atoms. The average Bonchev–Trinajstić information content (AvgIpc) is 2.57. The summed E-state index contributed by atoms with van der Waals surface area (Å²) in [5, 5.41) is 11.8. The SMILES string of the molecule is O=C1NC(=S)S/C1=C\c1cc(Cl)ccc1[N+](=O)O. The molecule has 1 aromatic carbocycles. The Hall–Kier alpha value is -1.44. The van der Waals surface area contributed by atoms with E-state index in [2.05, 4.69) is 5.32 Å². The van der Waals surface area contributed by atoms with Gasteiger partial charge >= 0.3 is 5.69 Å². The Morgan fingerprint density at radius 3 is 2.78 bits per heavy atom. The summed E-state index contributed by atoms with van der Waals surface area (Å²) in [6.07, 6.45) is 1.45. The molecule has 2 N–H and O–H groups in total. The van der Waals surface area contributed by atoms with Gasteiger partial charge in [-0.3, -0.25) is 4.79 Å². The van der Waals surface area contributed by atoms with Crippen LogP contribution < -0.4 is 5.32 Å². The molecule has 1 aliphatic rings. The maximum Gasteiger partial charge on any atom is 0.323 e. The second-order valence-corrected chi connectivity index (χ2v) is 5.48. The van der Waals surface area contributed by atoms with Gasteiger partial charge in [0.05, 0.1) is 15.4 Å². The molecule has 5 nitrogen and oxygen atoms in total. The average molecular weight is 302 g/mol. The molecule has 1 heterocycles. The van der Waals surface area contributed by atoms with Crippen LogP contribution in [0.4, 0.5) is 5.69 Å². The monoisotopic (exact) mass is 301 g/mol. The van der Waals surface area contributed by atoms with Crippen LogP contribution in [0.5, 0.6) is 0 Å². The zero-order valence-corrected chi connectivity index (χ0v) is 11.1. The Balaban J connectivity index is 2.48. The molecule has 0 saturated carbocycles. The molecule has 1 aliphatic heterocycles.